The summed E-state index contributed by atoms with van der Waals surface area (Å²) in [7, 11) is -2.54. The van der Waals surface area contributed by atoms with Crippen LogP contribution in [0.1, 0.15) is 123 Å². The predicted molar refractivity (Wildman–Crippen MR) is 160 cm³/mol. The molecule has 0 atom stereocenters. The maximum atomic E-state index is 10.1. The van der Waals surface area contributed by atoms with Crippen LogP contribution in [0.2, 0.25) is 0 Å². The minimum atomic E-state index is -2.54. The Morgan fingerprint density at radius 3 is 1.16 bits per heavy atom. The average molecular weight is 529 g/mol. The van der Waals surface area contributed by atoms with Gasteiger partial charge in [-0.2, -0.15) is 0 Å². The Balaban J connectivity index is 2.74. The zero-order chi connectivity index (χ0) is 28.4. The number of hydrogen-bond donors (Lipinski definition) is 2. The summed E-state index contributed by atoms with van der Waals surface area (Å²) >= 11 is 0. The fourth-order valence-electron chi connectivity index (χ4n) is 5.10. The van der Waals surface area contributed by atoms with Gasteiger partial charge in [0.15, 0.2) is 0 Å². The topological polar surface area (TPSA) is 49.7 Å². The summed E-state index contributed by atoms with van der Waals surface area (Å²) in [5.74, 6) is 0. The highest BCUT2D eigenvalue weighted by Gasteiger charge is 2.28. The molecule has 208 valence electrons. The van der Waals surface area contributed by atoms with Gasteiger partial charge in [-0.3, -0.25) is 4.52 Å². The van der Waals surface area contributed by atoms with Crippen LogP contribution in [-0.4, -0.2) is 9.79 Å². The van der Waals surface area contributed by atoms with E-state index in [0.717, 1.165) is 36.8 Å². The summed E-state index contributed by atoms with van der Waals surface area (Å²) in [6.07, 6.45) is 3.19. The highest BCUT2D eigenvalue weighted by Crippen LogP contribution is 2.43. The highest BCUT2D eigenvalue weighted by atomic mass is 31.2. The largest absolute Gasteiger partial charge is 0.328 e. The quantitative estimate of drug-likeness (QED) is 0.336. The van der Waals surface area contributed by atoms with Crippen LogP contribution in [0, 0.1) is 21.7 Å². The molecule has 0 heterocycles. The van der Waals surface area contributed by atoms with Crippen molar-refractivity contribution in [3.8, 4) is 0 Å². The Kier molecular flexibility index (Phi) is 10.3. The van der Waals surface area contributed by atoms with Crippen LogP contribution in [-0.2, 0) is 30.2 Å². The predicted octanol–water partition coefficient (Wildman–Crippen LogP) is 9.36. The molecule has 0 amide bonds. The lowest BCUT2D eigenvalue weighted by molar-refractivity contribution is 0.201. The van der Waals surface area contributed by atoms with E-state index in [9.17, 15) is 9.79 Å². The van der Waals surface area contributed by atoms with Crippen molar-refractivity contribution in [3.05, 3.63) is 69.8 Å². The maximum absolute atomic E-state index is 10.1. The van der Waals surface area contributed by atoms with E-state index in [1.807, 2.05) is 0 Å². The minimum Gasteiger partial charge on any atom is -0.328 e. The second-order valence-electron chi connectivity index (χ2n) is 15.8. The molecule has 0 bridgehead atoms. The first-order valence-electron chi connectivity index (χ1n) is 13.7. The van der Waals surface area contributed by atoms with Gasteiger partial charge in [0.1, 0.15) is 6.10 Å². The molecule has 0 spiro atoms. The van der Waals surface area contributed by atoms with Crippen LogP contribution in [0.4, 0.5) is 0 Å². The van der Waals surface area contributed by atoms with Crippen LogP contribution < -0.4 is 0 Å². The maximum Gasteiger partial charge on any atom is 0.327 e. The average Bonchev–Trinajstić information content (AvgIpc) is 2.61. The third-order valence-corrected chi connectivity index (χ3v) is 6.49. The molecular formula is C33H53O3P. The molecule has 0 aliphatic heterocycles. The Bertz CT molecular complexity index is 948. The molecule has 0 saturated heterocycles. The van der Waals surface area contributed by atoms with Crippen molar-refractivity contribution in [1.29, 1.82) is 0 Å². The zero-order valence-electron chi connectivity index (χ0n) is 25.6. The van der Waals surface area contributed by atoms with Crippen LogP contribution >= 0.6 is 8.60 Å². The summed E-state index contributed by atoms with van der Waals surface area (Å²) in [4.78, 5) is 20.2. The first kappa shape index (κ1) is 32.0. The van der Waals surface area contributed by atoms with Crippen molar-refractivity contribution < 1.29 is 14.3 Å². The summed E-state index contributed by atoms with van der Waals surface area (Å²) in [5.41, 5.74) is 7.63. The van der Waals surface area contributed by atoms with Gasteiger partial charge in [-0.15, -0.1) is 0 Å². The van der Waals surface area contributed by atoms with Gasteiger partial charge in [0.05, 0.1) is 0 Å². The molecule has 37 heavy (non-hydrogen) atoms. The van der Waals surface area contributed by atoms with Gasteiger partial charge in [0.2, 0.25) is 0 Å². The van der Waals surface area contributed by atoms with Crippen molar-refractivity contribution in [1.82, 2.24) is 0 Å². The van der Waals surface area contributed by atoms with Gasteiger partial charge in [-0.1, -0.05) is 119 Å². The normalized spacial score (nSPS) is 13.6. The third kappa shape index (κ3) is 11.6. The van der Waals surface area contributed by atoms with Gasteiger partial charge in [0, 0.05) is 0 Å². The molecule has 2 aromatic rings. The Morgan fingerprint density at radius 1 is 0.568 bits per heavy atom. The summed E-state index contributed by atoms with van der Waals surface area (Å²) < 4.78 is 5.99. The van der Waals surface area contributed by atoms with E-state index in [1.165, 1.54) is 22.3 Å². The van der Waals surface area contributed by atoms with E-state index in [0.29, 0.717) is 0 Å². The van der Waals surface area contributed by atoms with Crippen molar-refractivity contribution in [2.45, 2.75) is 115 Å². The highest BCUT2D eigenvalue weighted by molar-refractivity contribution is 7.39. The summed E-state index contributed by atoms with van der Waals surface area (Å²) in [6.45, 7) is 27.1. The van der Waals surface area contributed by atoms with Gasteiger partial charge >= 0.3 is 8.60 Å². The molecule has 0 unspecified atom stereocenters. The lowest BCUT2D eigenvalue weighted by atomic mass is 9.79. The first-order valence-corrected chi connectivity index (χ1v) is 14.9. The molecule has 0 saturated carbocycles. The van der Waals surface area contributed by atoms with Gasteiger partial charge in [0.25, 0.3) is 0 Å². The molecule has 0 radical (unpaired) electrons. The van der Waals surface area contributed by atoms with E-state index < -0.39 is 14.7 Å². The van der Waals surface area contributed by atoms with E-state index >= 15 is 0 Å². The van der Waals surface area contributed by atoms with Gasteiger partial charge < -0.3 is 9.79 Å². The lowest BCUT2D eigenvalue weighted by Gasteiger charge is -2.30. The van der Waals surface area contributed by atoms with Crippen LogP contribution in [0.15, 0.2) is 36.4 Å². The monoisotopic (exact) mass is 528 g/mol. The van der Waals surface area contributed by atoms with Gasteiger partial charge in [-0.05, 0) is 80.7 Å². The number of rotatable bonds is 8. The second-order valence-corrected chi connectivity index (χ2v) is 16.5. The first-order chi connectivity index (χ1) is 16.6. The Hall–Kier alpha value is -1.25. The van der Waals surface area contributed by atoms with Crippen molar-refractivity contribution in [2.75, 3.05) is 0 Å². The number of hydrogen-bond acceptors (Lipinski definition) is 3. The molecule has 2 aromatic carbocycles. The molecule has 0 fully saturated rings. The van der Waals surface area contributed by atoms with Crippen molar-refractivity contribution >= 4 is 8.60 Å². The molecule has 2 rings (SSSR count). The summed E-state index contributed by atoms with van der Waals surface area (Å²) in [6, 6.07) is 13.3. The Labute approximate surface area is 229 Å². The van der Waals surface area contributed by atoms with Gasteiger partial charge in [-0.25, -0.2) is 0 Å². The third-order valence-electron chi connectivity index (χ3n) is 6.09. The van der Waals surface area contributed by atoms with Crippen molar-refractivity contribution in [2.24, 2.45) is 21.7 Å². The van der Waals surface area contributed by atoms with Crippen LogP contribution in [0.3, 0.4) is 0 Å². The second kappa shape index (κ2) is 11.9. The fourth-order valence-corrected chi connectivity index (χ4v) is 5.51. The molecule has 0 aromatic heterocycles. The standard InChI is InChI=1S/C33H53O3P/c1-30(2,3)19-23-13-15-27(25(17-23)21-32(7,8)9)29(36-37(34)35)28-16-14-24(20-31(4,5)6)18-26(28)22-33(10,11)12/h13-18,29,34-35H,19-22H2,1-12H3. The van der Waals surface area contributed by atoms with Crippen molar-refractivity contribution in [3.63, 3.8) is 0 Å². The van der Waals surface area contributed by atoms with E-state index in [4.69, 9.17) is 4.52 Å². The van der Waals surface area contributed by atoms with E-state index in [-0.39, 0.29) is 21.7 Å². The molecule has 4 heteroatoms. The lowest BCUT2D eigenvalue weighted by Crippen LogP contribution is -2.18. The van der Waals surface area contributed by atoms with E-state index in [1.54, 1.807) is 0 Å². The summed E-state index contributed by atoms with van der Waals surface area (Å²) in [5, 5.41) is 0. The molecule has 0 aliphatic rings. The fraction of sp³-hybridized carbons (Fsp3) is 0.636. The van der Waals surface area contributed by atoms with E-state index in [2.05, 4.69) is 119 Å². The van der Waals surface area contributed by atoms with Crippen LogP contribution in [0.5, 0.6) is 0 Å². The molecule has 2 N–H and O–H groups in total. The molecule has 3 nitrogen and oxygen atoms in total. The molecular weight excluding hydrogens is 475 g/mol. The SMILES string of the molecule is CC(C)(C)Cc1ccc(C(OP(O)O)c2ccc(CC(C)(C)C)cc2CC(C)(C)C)c(CC(C)(C)C)c1. The smallest absolute Gasteiger partial charge is 0.327 e. The van der Waals surface area contributed by atoms with Crippen LogP contribution in [0.25, 0.3) is 0 Å². The number of benzene rings is 2. The molecule has 0 aliphatic carbocycles. The Morgan fingerprint density at radius 2 is 0.892 bits per heavy atom. The minimum absolute atomic E-state index is 0.0770. The zero-order valence-corrected chi connectivity index (χ0v) is 26.5.